The van der Waals surface area contributed by atoms with Crippen molar-refractivity contribution in [2.24, 2.45) is 12.9 Å². The molecule has 0 aliphatic carbocycles. The Hall–Kier alpha value is -1.66. The second kappa shape index (κ2) is 6.67. The van der Waals surface area contributed by atoms with Gasteiger partial charge in [-0.15, -0.1) is 0 Å². The number of nitrogens with one attached hydrogen (secondary N) is 1. The summed E-state index contributed by atoms with van der Waals surface area (Å²) in [6.45, 7) is 4.38. The molecule has 0 aromatic carbocycles. The van der Waals surface area contributed by atoms with Crippen molar-refractivity contribution >= 4 is 0 Å². The predicted octanol–water partition coefficient (Wildman–Crippen LogP) is 1.72. The summed E-state index contributed by atoms with van der Waals surface area (Å²) in [5, 5.41) is 8.85. The third kappa shape index (κ3) is 3.08. The van der Waals surface area contributed by atoms with E-state index in [4.69, 9.17) is 5.84 Å². The highest BCUT2D eigenvalue weighted by Gasteiger charge is 2.16. The largest absolute Gasteiger partial charge is 0.271 e. The van der Waals surface area contributed by atoms with Crippen LogP contribution in [0.1, 0.15) is 50.2 Å². The molecule has 2 heterocycles. The van der Waals surface area contributed by atoms with Gasteiger partial charge in [0.15, 0.2) is 0 Å². The molecule has 2 aromatic heterocycles. The molecule has 0 spiro atoms. The van der Waals surface area contributed by atoms with E-state index < -0.39 is 0 Å². The first-order valence-electron chi connectivity index (χ1n) is 7.17. The van der Waals surface area contributed by atoms with Gasteiger partial charge < -0.3 is 0 Å². The molecule has 2 aromatic rings. The zero-order valence-electron chi connectivity index (χ0n) is 12.5. The molecular weight excluding hydrogens is 252 g/mol. The third-order valence-electron chi connectivity index (χ3n) is 3.81. The Labute approximate surface area is 119 Å². The van der Waals surface area contributed by atoms with Crippen LogP contribution in [-0.4, -0.2) is 19.6 Å². The summed E-state index contributed by atoms with van der Waals surface area (Å²) in [6, 6.07) is 4.54. The maximum atomic E-state index is 5.67. The molecular formula is C14H24N6. The standard InChI is InChI=1S/C14H24N6/c1-4-12(5-2)20-9-7-11(18-20)10-13(17-15)14-6-8-16-19(14)3/h6-9,12-13,17H,4-5,10,15H2,1-3H3. The van der Waals surface area contributed by atoms with Crippen molar-refractivity contribution in [2.75, 3.05) is 0 Å². The number of aryl methyl sites for hydroxylation is 1. The lowest BCUT2D eigenvalue weighted by Gasteiger charge is -2.15. The molecule has 20 heavy (non-hydrogen) atoms. The number of hydrazine groups is 1. The first-order chi connectivity index (χ1) is 9.69. The minimum Gasteiger partial charge on any atom is -0.271 e. The quantitative estimate of drug-likeness (QED) is 0.596. The van der Waals surface area contributed by atoms with Crippen molar-refractivity contribution in [3.63, 3.8) is 0 Å². The van der Waals surface area contributed by atoms with Gasteiger partial charge in [0.05, 0.1) is 23.5 Å². The molecule has 0 aliphatic rings. The molecule has 3 N–H and O–H groups in total. The van der Waals surface area contributed by atoms with E-state index in [1.54, 1.807) is 6.20 Å². The topological polar surface area (TPSA) is 73.7 Å². The van der Waals surface area contributed by atoms with Crippen LogP contribution in [0.4, 0.5) is 0 Å². The van der Waals surface area contributed by atoms with Gasteiger partial charge in [0.2, 0.25) is 0 Å². The summed E-state index contributed by atoms with van der Waals surface area (Å²) in [7, 11) is 1.92. The van der Waals surface area contributed by atoms with E-state index in [0.717, 1.165) is 30.7 Å². The number of rotatable bonds is 7. The Morgan fingerprint density at radius 1 is 1.30 bits per heavy atom. The fourth-order valence-electron chi connectivity index (χ4n) is 2.54. The zero-order chi connectivity index (χ0) is 14.5. The van der Waals surface area contributed by atoms with E-state index in [-0.39, 0.29) is 6.04 Å². The van der Waals surface area contributed by atoms with Crippen molar-refractivity contribution in [1.82, 2.24) is 25.0 Å². The molecule has 2 rings (SSSR count). The lowest BCUT2D eigenvalue weighted by Crippen LogP contribution is -2.31. The molecule has 6 nitrogen and oxygen atoms in total. The number of aromatic nitrogens is 4. The van der Waals surface area contributed by atoms with Gasteiger partial charge in [0.1, 0.15) is 0 Å². The average molecular weight is 276 g/mol. The van der Waals surface area contributed by atoms with Crippen LogP contribution in [0.15, 0.2) is 24.5 Å². The highest BCUT2D eigenvalue weighted by Crippen LogP contribution is 2.18. The number of hydrogen-bond donors (Lipinski definition) is 2. The minimum absolute atomic E-state index is 0.0209. The predicted molar refractivity (Wildman–Crippen MR) is 78.8 cm³/mol. The van der Waals surface area contributed by atoms with Gasteiger partial charge >= 0.3 is 0 Å². The summed E-state index contributed by atoms with van der Waals surface area (Å²) in [4.78, 5) is 0. The maximum absolute atomic E-state index is 5.67. The molecule has 0 amide bonds. The van der Waals surface area contributed by atoms with E-state index in [9.17, 15) is 0 Å². The van der Waals surface area contributed by atoms with Gasteiger partial charge in [-0.3, -0.25) is 20.6 Å². The van der Waals surface area contributed by atoms with Crippen LogP contribution < -0.4 is 11.3 Å². The molecule has 110 valence electrons. The molecule has 0 aliphatic heterocycles. The third-order valence-corrected chi connectivity index (χ3v) is 3.81. The summed E-state index contributed by atoms with van der Waals surface area (Å²) in [6.07, 6.45) is 6.78. The average Bonchev–Trinajstić information content (AvgIpc) is 3.07. The van der Waals surface area contributed by atoms with Crippen LogP contribution in [0, 0.1) is 0 Å². The Balaban J connectivity index is 2.11. The van der Waals surface area contributed by atoms with E-state index in [1.165, 1.54) is 0 Å². The second-order valence-corrected chi connectivity index (χ2v) is 5.06. The van der Waals surface area contributed by atoms with Gasteiger partial charge in [-0.05, 0) is 25.0 Å². The van der Waals surface area contributed by atoms with Crippen LogP contribution in [0.3, 0.4) is 0 Å². The van der Waals surface area contributed by atoms with Crippen molar-refractivity contribution in [1.29, 1.82) is 0 Å². The van der Waals surface area contributed by atoms with Gasteiger partial charge in [-0.1, -0.05) is 13.8 Å². The van der Waals surface area contributed by atoms with Gasteiger partial charge in [-0.2, -0.15) is 10.2 Å². The smallest absolute Gasteiger partial charge is 0.0684 e. The molecule has 6 heteroatoms. The molecule has 0 bridgehead atoms. The van der Waals surface area contributed by atoms with Crippen molar-refractivity contribution < 1.29 is 0 Å². The van der Waals surface area contributed by atoms with Gasteiger partial charge in [0, 0.05) is 25.9 Å². The van der Waals surface area contributed by atoms with Gasteiger partial charge in [0.25, 0.3) is 0 Å². The Kier molecular flexibility index (Phi) is 4.92. The molecule has 0 fully saturated rings. The number of nitrogens with zero attached hydrogens (tertiary/aromatic N) is 4. The highest BCUT2D eigenvalue weighted by molar-refractivity contribution is 5.11. The van der Waals surface area contributed by atoms with Crippen LogP contribution in [0.5, 0.6) is 0 Å². The molecule has 0 radical (unpaired) electrons. The van der Waals surface area contributed by atoms with E-state index in [2.05, 4.69) is 46.4 Å². The Bertz CT molecular complexity index is 525. The highest BCUT2D eigenvalue weighted by atomic mass is 15.3. The van der Waals surface area contributed by atoms with E-state index in [1.807, 2.05) is 17.8 Å². The van der Waals surface area contributed by atoms with Crippen LogP contribution in [0.2, 0.25) is 0 Å². The molecule has 0 saturated carbocycles. The zero-order valence-corrected chi connectivity index (χ0v) is 12.5. The first-order valence-corrected chi connectivity index (χ1v) is 7.17. The molecule has 1 unspecified atom stereocenters. The van der Waals surface area contributed by atoms with Crippen molar-refractivity contribution in [2.45, 2.75) is 45.2 Å². The monoisotopic (exact) mass is 276 g/mol. The van der Waals surface area contributed by atoms with Gasteiger partial charge in [-0.25, -0.2) is 0 Å². The first kappa shape index (κ1) is 14.7. The Morgan fingerprint density at radius 2 is 2.05 bits per heavy atom. The lowest BCUT2D eigenvalue weighted by atomic mass is 10.1. The number of hydrogen-bond acceptors (Lipinski definition) is 4. The summed E-state index contributed by atoms with van der Waals surface area (Å²) in [5.41, 5.74) is 4.95. The van der Waals surface area contributed by atoms with Crippen LogP contribution >= 0.6 is 0 Å². The number of nitrogens with two attached hydrogens (primary N) is 1. The summed E-state index contributed by atoms with van der Waals surface area (Å²) < 4.78 is 3.90. The second-order valence-electron chi connectivity index (χ2n) is 5.06. The van der Waals surface area contributed by atoms with Crippen LogP contribution in [-0.2, 0) is 13.5 Å². The van der Waals surface area contributed by atoms with Crippen LogP contribution in [0.25, 0.3) is 0 Å². The fourth-order valence-corrected chi connectivity index (χ4v) is 2.54. The van der Waals surface area contributed by atoms with E-state index in [0.29, 0.717) is 6.04 Å². The summed E-state index contributed by atoms with van der Waals surface area (Å²) in [5.74, 6) is 5.67. The molecule has 0 saturated heterocycles. The lowest BCUT2D eigenvalue weighted by molar-refractivity contribution is 0.421. The molecule has 1 atom stereocenters. The normalized spacial score (nSPS) is 13.1. The Morgan fingerprint density at radius 3 is 2.60 bits per heavy atom. The van der Waals surface area contributed by atoms with E-state index >= 15 is 0 Å². The summed E-state index contributed by atoms with van der Waals surface area (Å²) >= 11 is 0. The van der Waals surface area contributed by atoms with Crippen molar-refractivity contribution in [3.05, 3.63) is 35.9 Å². The minimum atomic E-state index is 0.0209. The SMILES string of the molecule is CCC(CC)n1ccc(CC(NN)c2ccnn2C)n1. The fraction of sp³-hybridized carbons (Fsp3) is 0.571. The van der Waals surface area contributed by atoms with Crippen molar-refractivity contribution in [3.8, 4) is 0 Å². The maximum Gasteiger partial charge on any atom is 0.0684 e.